The van der Waals surface area contributed by atoms with Gasteiger partial charge in [0.2, 0.25) is 5.95 Å². The third-order valence-corrected chi connectivity index (χ3v) is 5.98. The number of anilines is 2. The summed E-state index contributed by atoms with van der Waals surface area (Å²) in [6.45, 7) is 6.31. The summed E-state index contributed by atoms with van der Waals surface area (Å²) >= 11 is 0. The highest BCUT2D eigenvalue weighted by molar-refractivity contribution is 5.87. The van der Waals surface area contributed by atoms with Crippen LogP contribution in [0, 0.1) is 0 Å². The first-order valence-corrected chi connectivity index (χ1v) is 11.2. The van der Waals surface area contributed by atoms with E-state index in [0.29, 0.717) is 0 Å². The molecule has 32 heavy (non-hydrogen) atoms. The van der Waals surface area contributed by atoms with Crippen molar-refractivity contribution in [1.82, 2.24) is 25.2 Å². The van der Waals surface area contributed by atoms with Crippen molar-refractivity contribution in [1.29, 1.82) is 0 Å². The van der Waals surface area contributed by atoms with Crippen molar-refractivity contribution in [2.24, 2.45) is 0 Å². The Hall–Kier alpha value is -3.42. The van der Waals surface area contributed by atoms with Crippen LogP contribution in [0.5, 0.6) is 0 Å². The van der Waals surface area contributed by atoms with Gasteiger partial charge in [0.05, 0.1) is 0 Å². The van der Waals surface area contributed by atoms with Gasteiger partial charge in [0.15, 0.2) is 0 Å². The van der Waals surface area contributed by atoms with E-state index >= 15 is 0 Å². The highest BCUT2D eigenvalue weighted by Gasteiger charge is 2.12. The number of nitrogens with zero attached hydrogens (tertiary/aromatic N) is 3. The van der Waals surface area contributed by atoms with Gasteiger partial charge in [-0.15, -0.1) is 0 Å². The van der Waals surface area contributed by atoms with Gasteiger partial charge in [-0.1, -0.05) is 36.4 Å². The van der Waals surface area contributed by atoms with E-state index in [4.69, 9.17) is 5.73 Å². The molecule has 5 rings (SSSR count). The average Bonchev–Trinajstić information content (AvgIpc) is 3.27. The fraction of sp³-hybridized carbons (Fsp3) is 0.280. The molecule has 0 saturated carbocycles. The second-order valence-corrected chi connectivity index (χ2v) is 8.21. The fourth-order valence-electron chi connectivity index (χ4n) is 4.27. The monoisotopic (exact) mass is 427 g/mol. The van der Waals surface area contributed by atoms with Crippen molar-refractivity contribution in [2.45, 2.75) is 6.42 Å². The topological polar surface area (TPSA) is 94.9 Å². The molecule has 7 nitrogen and oxygen atoms in total. The lowest BCUT2D eigenvalue weighted by Gasteiger charge is -2.27. The molecule has 0 amide bonds. The zero-order valence-electron chi connectivity index (χ0n) is 18.1. The van der Waals surface area contributed by atoms with Crippen LogP contribution in [0.15, 0.2) is 60.8 Å². The molecule has 0 radical (unpaired) electrons. The molecule has 3 heterocycles. The Morgan fingerprint density at radius 3 is 2.72 bits per heavy atom. The number of nitrogen functional groups attached to an aromatic ring is 1. The Bertz CT molecular complexity index is 1160. The van der Waals surface area contributed by atoms with Crippen molar-refractivity contribution in [2.75, 3.05) is 50.3 Å². The van der Waals surface area contributed by atoms with E-state index < -0.39 is 0 Å². The van der Waals surface area contributed by atoms with Crippen LogP contribution >= 0.6 is 0 Å². The second kappa shape index (κ2) is 9.38. The Kier molecular flexibility index (Phi) is 6.00. The number of rotatable bonds is 7. The lowest BCUT2D eigenvalue weighted by molar-refractivity contribution is 0.240. The molecule has 4 aromatic rings. The van der Waals surface area contributed by atoms with E-state index in [1.807, 2.05) is 12.3 Å². The van der Waals surface area contributed by atoms with Crippen molar-refractivity contribution in [3.8, 4) is 22.4 Å². The molecule has 0 bridgehead atoms. The molecule has 7 heteroatoms. The van der Waals surface area contributed by atoms with Gasteiger partial charge in [0.25, 0.3) is 0 Å². The molecule has 1 aliphatic heterocycles. The summed E-state index contributed by atoms with van der Waals surface area (Å²) in [5, 5.41) is 8.09. The van der Waals surface area contributed by atoms with Crippen LogP contribution in [0.3, 0.4) is 0 Å². The van der Waals surface area contributed by atoms with Crippen molar-refractivity contribution < 1.29 is 0 Å². The van der Waals surface area contributed by atoms with E-state index in [2.05, 4.69) is 79.0 Å². The van der Waals surface area contributed by atoms with Crippen LogP contribution in [0.1, 0.15) is 6.42 Å². The van der Waals surface area contributed by atoms with E-state index in [1.165, 1.54) is 5.39 Å². The normalized spacial score (nSPS) is 14.6. The predicted octanol–water partition coefficient (Wildman–Crippen LogP) is 3.58. The van der Waals surface area contributed by atoms with Crippen LogP contribution in [0.2, 0.25) is 0 Å². The van der Waals surface area contributed by atoms with E-state index in [1.54, 1.807) is 0 Å². The number of para-hydroxylation sites is 1. The average molecular weight is 428 g/mol. The number of H-pyrrole nitrogens is 1. The second-order valence-electron chi connectivity index (χ2n) is 8.21. The molecule has 1 saturated heterocycles. The molecule has 0 aliphatic carbocycles. The van der Waals surface area contributed by atoms with Crippen LogP contribution < -0.4 is 16.4 Å². The largest absolute Gasteiger partial charge is 0.369 e. The maximum atomic E-state index is 5.91. The Morgan fingerprint density at radius 2 is 1.84 bits per heavy atom. The van der Waals surface area contributed by atoms with Crippen LogP contribution in [0.4, 0.5) is 11.8 Å². The smallest absolute Gasteiger partial charge is 0.221 e. The summed E-state index contributed by atoms with van der Waals surface area (Å²) in [5.74, 6) is 1.07. The van der Waals surface area contributed by atoms with E-state index in [-0.39, 0.29) is 5.95 Å². The quantitative estimate of drug-likeness (QED) is 0.337. The highest BCUT2D eigenvalue weighted by atomic mass is 15.2. The number of piperazine rings is 1. The number of aromatic amines is 1. The summed E-state index contributed by atoms with van der Waals surface area (Å²) in [7, 11) is 0. The predicted molar refractivity (Wildman–Crippen MR) is 132 cm³/mol. The first-order valence-electron chi connectivity index (χ1n) is 11.2. The van der Waals surface area contributed by atoms with Crippen LogP contribution in [-0.4, -0.2) is 59.1 Å². The van der Waals surface area contributed by atoms with Crippen LogP contribution in [-0.2, 0) is 0 Å². The van der Waals surface area contributed by atoms with Crippen molar-refractivity contribution in [3.63, 3.8) is 0 Å². The molecule has 2 aromatic carbocycles. The van der Waals surface area contributed by atoms with Crippen molar-refractivity contribution >= 4 is 22.7 Å². The zero-order chi connectivity index (χ0) is 21.8. The SMILES string of the molecule is Nc1ncc(-c2cccc(-c3cc4ccccc4[nH]3)c2)c(NCCCN2CCNCC2)n1. The molecule has 1 aliphatic rings. The Morgan fingerprint density at radius 1 is 1.00 bits per heavy atom. The van der Waals surface area contributed by atoms with Gasteiger partial charge < -0.3 is 26.3 Å². The maximum Gasteiger partial charge on any atom is 0.221 e. The van der Waals surface area contributed by atoms with Gasteiger partial charge in [0.1, 0.15) is 5.82 Å². The standard InChI is InChI=1S/C25H29N7/c26-25-29-17-21(24(31-25)28-9-4-12-32-13-10-27-11-14-32)18-6-3-7-19(15-18)23-16-20-5-1-2-8-22(20)30-23/h1-3,5-8,15-17,27,30H,4,9-14H2,(H3,26,28,29,31). The molecule has 0 unspecified atom stereocenters. The minimum Gasteiger partial charge on any atom is -0.369 e. The highest BCUT2D eigenvalue weighted by Crippen LogP contribution is 2.31. The molecule has 2 aromatic heterocycles. The number of aromatic nitrogens is 3. The third kappa shape index (κ3) is 4.59. The zero-order valence-corrected chi connectivity index (χ0v) is 18.1. The molecule has 0 atom stereocenters. The summed E-state index contributed by atoms with van der Waals surface area (Å²) < 4.78 is 0. The fourth-order valence-corrected chi connectivity index (χ4v) is 4.27. The van der Waals surface area contributed by atoms with Gasteiger partial charge >= 0.3 is 0 Å². The molecular weight excluding hydrogens is 398 g/mol. The summed E-state index contributed by atoms with van der Waals surface area (Å²) in [4.78, 5) is 14.8. The van der Waals surface area contributed by atoms with Crippen molar-refractivity contribution in [3.05, 3.63) is 60.8 Å². The molecule has 5 N–H and O–H groups in total. The Labute approximate surface area is 188 Å². The Balaban J connectivity index is 1.34. The lowest BCUT2D eigenvalue weighted by atomic mass is 10.0. The van der Waals surface area contributed by atoms with Gasteiger partial charge in [0, 0.05) is 61.1 Å². The van der Waals surface area contributed by atoms with E-state index in [0.717, 1.165) is 79.4 Å². The molecule has 1 fully saturated rings. The molecule has 0 spiro atoms. The number of fused-ring (bicyclic) bond motifs is 1. The first-order chi connectivity index (χ1) is 15.8. The number of nitrogens with two attached hydrogens (primary N) is 1. The van der Waals surface area contributed by atoms with Gasteiger partial charge in [-0.3, -0.25) is 0 Å². The number of benzene rings is 2. The summed E-state index contributed by atoms with van der Waals surface area (Å²) in [6.07, 6.45) is 2.86. The van der Waals surface area contributed by atoms with Crippen LogP contribution in [0.25, 0.3) is 33.3 Å². The lowest BCUT2D eigenvalue weighted by Crippen LogP contribution is -2.44. The molecular formula is C25H29N7. The number of hydrogen-bond acceptors (Lipinski definition) is 6. The van der Waals surface area contributed by atoms with Gasteiger partial charge in [-0.2, -0.15) is 4.98 Å². The minimum absolute atomic E-state index is 0.283. The maximum absolute atomic E-state index is 5.91. The first kappa shape index (κ1) is 20.5. The van der Waals surface area contributed by atoms with Gasteiger partial charge in [-0.25, -0.2) is 4.98 Å². The summed E-state index contributed by atoms with van der Waals surface area (Å²) in [5.41, 5.74) is 11.3. The third-order valence-electron chi connectivity index (χ3n) is 5.98. The minimum atomic E-state index is 0.283. The molecule has 164 valence electrons. The van der Waals surface area contributed by atoms with E-state index in [9.17, 15) is 0 Å². The van der Waals surface area contributed by atoms with Gasteiger partial charge in [-0.05, 0) is 42.3 Å². The summed E-state index contributed by atoms with van der Waals surface area (Å²) in [6, 6.07) is 19.0. The number of nitrogens with one attached hydrogen (secondary N) is 3. The number of hydrogen-bond donors (Lipinski definition) is 4.